The van der Waals surface area contributed by atoms with E-state index < -0.39 is 0 Å². The minimum atomic E-state index is 0. The van der Waals surface area contributed by atoms with Crippen LogP contribution in [0, 0.1) is 19.3 Å². The Kier molecular flexibility index (Phi) is 7.62. The highest BCUT2D eigenvalue weighted by atomic mass is 127. The Labute approximate surface area is 150 Å². The van der Waals surface area contributed by atoms with Crippen molar-refractivity contribution in [1.82, 2.24) is 0 Å². The van der Waals surface area contributed by atoms with E-state index in [0.29, 0.717) is 11.4 Å². The third kappa shape index (κ3) is 5.43. The summed E-state index contributed by atoms with van der Waals surface area (Å²) in [7, 11) is 1.76. The summed E-state index contributed by atoms with van der Waals surface area (Å²) in [6.45, 7) is 5.76. The van der Waals surface area contributed by atoms with Crippen molar-refractivity contribution in [1.29, 1.82) is 0 Å². The molecule has 0 aromatic heterocycles. The zero-order valence-corrected chi connectivity index (χ0v) is 16.1. The molecule has 4 nitrogen and oxygen atoms in total. The molecule has 1 saturated carbocycles. The van der Waals surface area contributed by atoms with Crippen LogP contribution in [0.5, 0.6) is 0 Å². The van der Waals surface area contributed by atoms with Gasteiger partial charge in [-0.2, -0.15) is 0 Å². The van der Waals surface area contributed by atoms with Gasteiger partial charge < -0.3 is 15.8 Å². The summed E-state index contributed by atoms with van der Waals surface area (Å²) in [6.07, 6.45) is 4.83. The van der Waals surface area contributed by atoms with E-state index >= 15 is 0 Å². The summed E-state index contributed by atoms with van der Waals surface area (Å²) >= 11 is 0. The van der Waals surface area contributed by atoms with Gasteiger partial charge in [0, 0.05) is 25.9 Å². The van der Waals surface area contributed by atoms with E-state index in [9.17, 15) is 0 Å². The van der Waals surface area contributed by atoms with E-state index in [-0.39, 0.29) is 24.0 Å². The van der Waals surface area contributed by atoms with Crippen LogP contribution in [-0.2, 0) is 4.74 Å². The Balaban J connectivity index is 0.00000242. The van der Waals surface area contributed by atoms with Crippen LogP contribution in [0.1, 0.15) is 36.8 Å². The maximum atomic E-state index is 6.03. The van der Waals surface area contributed by atoms with Crippen molar-refractivity contribution in [3.05, 3.63) is 29.3 Å². The molecule has 22 heavy (non-hydrogen) atoms. The molecule has 0 heterocycles. The first-order chi connectivity index (χ1) is 10.0. The molecule has 5 heteroatoms. The van der Waals surface area contributed by atoms with Gasteiger partial charge in [0.2, 0.25) is 0 Å². The fraction of sp³-hybridized carbons (Fsp3) is 0.588. The molecule has 0 spiro atoms. The van der Waals surface area contributed by atoms with Crippen molar-refractivity contribution in [3.8, 4) is 0 Å². The molecule has 0 bridgehead atoms. The van der Waals surface area contributed by atoms with Gasteiger partial charge in [-0.3, -0.25) is 4.99 Å². The van der Waals surface area contributed by atoms with Gasteiger partial charge in [-0.15, -0.1) is 24.0 Å². The Morgan fingerprint density at radius 3 is 2.41 bits per heavy atom. The summed E-state index contributed by atoms with van der Waals surface area (Å²) in [6, 6.07) is 6.31. The summed E-state index contributed by atoms with van der Waals surface area (Å²) in [5.41, 5.74) is 9.79. The number of ether oxygens (including phenoxy) is 1. The van der Waals surface area contributed by atoms with Gasteiger partial charge in [0.15, 0.2) is 5.96 Å². The predicted molar refractivity (Wildman–Crippen MR) is 104 cm³/mol. The first-order valence-electron chi connectivity index (χ1n) is 7.67. The van der Waals surface area contributed by atoms with Crippen molar-refractivity contribution in [2.45, 2.75) is 39.5 Å². The number of nitrogens with one attached hydrogen (secondary N) is 1. The highest BCUT2D eigenvalue weighted by Crippen LogP contribution is 2.44. The Morgan fingerprint density at radius 1 is 1.27 bits per heavy atom. The fourth-order valence-corrected chi connectivity index (χ4v) is 2.97. The van der Waals surface area contributed by atoms with E-state index in [0.717, 1.165) is 25.3 Å². The molecule has 0 radical (unpaired) electrons. The first kappa shape index (κ1) is 19.2. The van der Waals surface area contributed by atoms with E-state index in [1.54, 1.807) is 7.11 Å². The first-order valence-corrected chi connectivity index (χ1v) is 7.67. The second-order valence-electron chi connectivity index (χ2n) is 6.30. The molecule has 1 aliphatic carbocycles. The Morgan fingerprint density at radius 2 is 1.91 bits per heavy atom. The normalized spacial score (nSPS) is 16.6. The number of benzene rings is 1. The van der Waals surface area contributed by atoms with Gasteiger partial charge in [-0.05, 0) is 61.8 Å². The number of guanidine groups is 1. The maximum absolute atomic E-state index is 6.03. The predicted octanol–water partition coefficient (Wildman–Crippen LogP) is 3.85. The lowest BCUT2D eigenvalue weighted by atomic mass is 9.67. The molecule has 0 aliphatic heterocycles. The van der Waals surface area contributed by atoms with Crippen molar-refractivity contribution in [2.75, 3.05) is 25.6 Å². The zero-order chi connectivity index (χ0) is 15.3. The standard InChI is InChI=1S/C17H27N3O.HI/c1-13-9-14(2)11-15(10-13)20-16(18)19-12-17(5-4-6-17)7-8-21-3;/h9-11H,4-8,12H2,1-3H3,(H3,18,19,20);1H. The molecule has 1 fully saturated rings. The number of methoxy groups -OCH3 is 1. The van der Waals surface area contributed by atoms with Gasteiger partial charge in [0.25, 0.3) is 0 Å². The molecule has 3 N–H and O–H groups in total. The number of aliphatic imine (C=N–C) groups is 1. The van der Waals surface area contributed by atoms with Crippen LogP contribution in [0.4, 0.5) is 5.69 Å². The number of hydrogen-bond acceptors (Lipinski definition) is 2. The number of nitrogens with two attached hydrogens (primary N) is 1. The van der Waals surface area contributed by atoms with E-state index in [4.69, 9.17) is 10.5 Å². The van der Waals surface area contributed by atoms with E-state index in [1.165, 1.54) is 30.4 Å². The van der Waals surface area contributed by atoms with E-state index in [1.807, 2.05) is 0 Å². The summed E-state index contributed by atoms with van der Waals surface area (Å²) in [4.78, 5) is 4.55. The van der Waals surface area contributed by atoms with Crippen molar-refractivity contribution >= 4 is 35.6 Å². The second kappa shape index (κ2) is 8.72. The summed E-state index contributed by atoms with van der Waals surface area (Å²) < 4.78 is 5.21. The molecule has 0 amide bonds. The number of halogens is 1. The summed E-state index contributed by atoms with van der Waals surface area (Å²) in [5.74, 6) is 0.503. The third-order valence-corrected chi connectivity index (χ3v) is 4.33. The minimum absolute atomic E-state index is 0. The van der Waals surface area contributed by atoms with Gasteiger partial charge in [-0.25, -0.2) is 0 Å². The van der Waals surface area contributed by atoms with Gasteiger partial charge in [-0.1, -0.05) is 12.5 Å². The molecule has 1 aromatic rings. The highest BCUT2D eigenvalue weighted by Gasteiger charge is 2.36. The number of aryl methyl sites for hydroxylation is 2. The van der Waals surface area contributed by atoms with Gasteiger partial charge in [0.05, 0.1) is 0 Å². The largest absolute Gasteiger partial charge is 0.385 e. The van der Waals surface area contributed by atoms with Crippen LogP contribution in [0.25, 0.3) is 0 Å². The van der Waals surface area contributed by atoms with Crippen LogP contribution in [0.3, 0.4) is 0 Å². The van der Waals surface area contributed by atoms with Crippen LogP contribution >= 0.6 is 24.0 Å². The topological polar surface area (TPSA) is 59.6 Å². The van der Waals surface area contributed by atoms with Gasteiger partial charge >= 0.3 is 0 Å². The van der Waals surface area contributed by atoms with Gasteiger partial charge in [0.1, 0.15) is 0 Å². The number of hydrogen-bond donors (Lipinski definition) is 2. The molecular formula is C17H28IN3O. The average Bonchev–Trinajstić information content (AvgIpc) is 2.36. The number of rotatable bonds is 6. The average molecular weight is 417 g/mol. The van der Waals surface area contributed by atoms with Crippen molar-refractivity contribution in [2.24, 2.45) is 16.1 Å². The van der Waals surface area contributed by atoms with Crippen molar-refractivity contribution in [3.63, 3.8) is 0 Å². The monoisotopic (exact) mass is 417 g/mol. The molecule has 1 aliphatic rings. The van der Waals surface area contributed by atoms with Crippen LogP contribution in [-0.4, -0.2) is 26.2 Å². The maximum Gasteiger partial charge on any atom is 0.193 e. The molecule has 0 saturated heterocycles. The number of anilines is 1. The quantitative estimate of drug-likeness (QED) is 0.420. The smallest absolute Gasteiger partial charge is 0.193 e. The zero-order valence-electron chi connectivity index (χ0n) is 13.8. The Hall–Kier alpha value is -0.820. The molecule has 0 atom stereocenters. The third-order valence-electron chi connectivity index (χ3n) is 4.33. The lowest BCUT2D eigenvalue weighted by molar-refractivity contribution is 0.0780. The second-order valence-corrected chi connectivity index (χ2v) is 6.30. The minimum Gasteiger partial charge on any atom is -0.385 e. The molecule has 124 valence electrons. The highest BCUT2D eigenvalue weighted by molar-refractivity contribution is 14.0. The molecular weight excluding hydrogens is 389 g/mol. The molecule has 0 unspecified atom stereocenters. The van der Waals surface area contributed by atoms with E-state index in [2.05, 4.69) is 42.4 Å². The molecule has 1 aromatic carbocycles. The number of nitrogens with zero attached hydrogens (tertiary/aromatic N) is 1. The SMILES string of the molecule is COCCC1(CN=C(N)Nc2cc(C)cc(C)c2)CCC1.I. The van der Waals surface area contributed by atoms with Crippen molar-refractivity contribution < 1.29 is 4.74 Å². The van der Waals surface area contributed by atoms with Crippen LogP contribution in [0.2, 0.25) is 0 Å². The fourth-order valence-electron chi connectivity index (χ4n) is 2.97. The lowest BCUT2D eigenvalue weighted by Gasteiger charge is -2.40. The Bertz CT molecular complexity index is 492. The summed E-state index contributed by atoms with van der Waals surface area (Å²) in [5, 5.41) is 3.20. The lowest BCUT2D eigenvalue weighted by Crippen LogP contribution is -2.35. The van der Waals surface area contributed by atoms with Crippen LogP contribution in [0.15, 0.2) is 23.2 Å². The van der Waals surface area contributed by atoms with Crippen LogP contribution < -0.4 is 11.1 Å². The molecule has 2 rings (SSSR count).